The third-order valence-electron chi connectivity index (χ3n) is 2.69. The van der Waals surface area contributed by atoms with Gasteiger partial charge in [0, 0.05) is 16.0 Å². The van der Waals surface area contributed by atoms with Gasteiger partial charge in [-0.15, -0.1) is 0 Å². The van der Waals surface area contributed by atoms with Gasteiger partial charge < -0.3 is 10.2 Å². The Hall–Kier alpha value is -0.730. The van der Waals surface area contributed by atoms with Crippen LogP contribution in [0.3, 0.4) is 0 Å². The van der Waals surface area contributed by atoms with Crippen molar-refractivity contribution in [1.82, 2.24) is 0 Å². The molecule has 2 nitrogen and oxygen atoms in total. The number of hydrogen-bond acceptors (Lipinski definition) is 2. The number of benzene rings is 1. The molecule has 0 unspecified atom stereocenters. The Balaban J connectivity index is 2.44. The number of aliphatic hydroxyl groups is 1. The van der Waals surface area contributed by atoms with E-state index in [2.05, 4.69) is 0 Å². The first-order chi connectivity index (χ1) is 6.18. The Bertz CT molecular complexity index is 332. The molecule has 13 heavy (non-hydrogen) atoms. The Morgan fingerprint density at radius 3 is 2.62 bits per heavy atom. The zero-order valence-electron chi connectivity index (χ0n) is 7.13. The van der Waals surface area contributed by atoms with Crippen LogP contribution in [0.2, 0.25) is 5.02 Å². The first-order valence-corrected chi connectivity index (χ1v) is 4.66. The molecule has 2 N–H and O–H groups in total. The van der Waals surface area contributed by atoms with Crippen molar-refractivity contribution in [2.45, 2.75) is 18.3 Å². The van der Waals surface area contributed by atoms with Crippen LogP contribution < -0.4 is 0 Å². The molecule has 70 valence electrons. The number of phenolic OH excluding ortho intramolecular Hbond substituents is 1. The fourth-order valence-electron chi connectivity index (χ4n) is 1.60. The van der Waals surface area contributed by atoms with Gasteiger partial charge in [0.2, 0.25) is 0 Å². The van der Waals surface area contributed by atoms with Crippen molar-refractivity contribution in [2.75, 3.05) is 6.61 Å². The first kappa shape index (κ1) is 8.85. The monoisotopic (exact) mass is 198 g/mol. The van der Waals surface area contributed by atoms with Crippen LogP contribution >= 0.6 is 11.6 Å². The van der Waals surface area contributed by atoms with Crippen LogP contribution in [0.5, 0.6) is 5.75 Å². The molecule has 2 rings (SSSR count). The molecule has 0 aliphatic heterocycles. The molecule has 0 heterocycles. The van der Waals surface area contributed by atoms with Crippen LogP contribution in [0.4, 0.5) is 0 Å². The second-order valence-corrected chi connectivity index (χ2v) is 4.04. The molecule has 0 amide bonds. The van der Waals surface area contributed by atoms with Crippen molar-refractivity contribution < 1.29 is 10.2 Å². The van der Waals surface area contributed by atoms with Crippen molar-refractivity contribution >= 4 is 11.6 Å². The first-order valence-electron chi connectivity index (χ1n) is 4.28. The summed E-state index contributed by atoms with van der Waals surface area (Å²) >= 11 is 5.81. The van der Waals surface area contributed by atoms with Gasteiger partial charge >= 0.3 is 0 Å². The summed E-state index contributed by atoms with van der Waals surface area (Å²) in [4.78, 5) is 0. The van der Waals surface area contributed by atoms with Crippen molar-refractivity contribution in [3.05, 3.63) is 28.8 Å². The van der Waals surface area contributed by atoms with Crippen LogP contribution in [0.15, 0.2) is 18.2 Å². The third-order valence-corrected chi connectivity index (χ3v) is 2.92. The molecule has 0 bridgehead atoms. The Morgan fingerprint density at radius 2 is 2.08 bits per heavy atom. The quantitative estimate of drug-likeness (QED) is 0.764. The Labute approximate surface area is 81.8 Å². The standard InChI is InChI=1S/C10H11ClO2/c11-7-1-2-9(13)8(5-7)10(6-12)3-4-10/h1-2,5,12-13H,3-4,6H2. The second kappa shape index (κ2) is 2.89. The zero-order chi connectivity index (χ0) is 9.47. The van der Waals surface area contributed by atoms with E-state index in [1.165, 1.54) is 0 Å². The predicted octanol–water partition coefficient (Wildman–Crippen LogP) is 2.07. The van der Waals surface area contributed by atoms with Crippen molar-refractivity contribution in [3.8, 4) is 5.75 Å². The number of aromatic hydroxyl groups is 1. The van der Waals surface area contributed by atoms with E-state index in [9.17, 15) is 10.2 Å². The fourth-order valence-corrected chi connectivity index (χ4v) is 1.77. The van der Waals surface area contributed by atoms with Gasteiger partial charge in [-0.2, -0.15) is 0 Å². The van der Waals surface area contributed by atoms with Gasteiger partial charge in [-0.05, 0) is 31.0 Å². The highest BCUT2D eigenvalue weighted by Gasteiger charge is 2.45. The lowest BCUT2D eigenvalue weighted by molar-refractivity contribution is 0.252. The smallest absolute Gasteiger partial charge is 0.119 e. The number of phenols is 1. The summed E-state index contributed by atoms with van der Waals surface area (Å²) in [5, 5.41) is 19.3. The largest absolute Gasteiger partial charge is 0.508 e. The van der Waals surface area contributed by atoms with E-state index in [0.29, 0.717) is 5.02 Å². The average Bonchev–Trinajstić information content (AvgIpc) is 2.90. The van der Waals surface area contributed by atoms with E-state index in [4.69, 9.17) is 11.6 Å². The minimum atomic E-state index is -0.213. The molecule has 1 aromatic rings. The Morgan fingerprint density at radius 1 is 1.38 bits per heavy atom. The van der Waals surface area contributed by atoms with Crippen LogP contribution in [-0.2, 0) is 5.41 Å². The molecule has 1 aromatic carbocycles. The maximum absolute atomic E-state index is 9.57. The zero-order valence-corrected chi connectivity index (χ0v) is 7.88. The number of halogens is 1. The van der Waals surface area contributed by atoms with Crippen LogP contribution in [0.1, 0.15) is 18.4 Å². The molecule has 1 fully saturated rings. The van der Waals surface area contributed by atoms with Crippen molar-refractivity contribution in [3.63, 3.8) is 0 Å². The lowest BCUT2D eigenvalue weighted by atomic mass is 9.96. The average molecular weight is 199 g/mol. The molecular weight excluding hydrogens is 188 g/mol. The summed E-state index contributed by atoms with van der Waals surface area (Å²) in [6.07, 6.45) is 1.86. The highest BCUT2D eigenvalue weighted by molar-refractivity contribution is 6.30. The maximum atomic E-state index is 9.57. The van der Waals surface area contributed by atoms with E-state index in [1.807, 2.05) is 0 Å². The van der Waals surface area contributed by atoms with E-state index in [-0.39, 0.29) is 17.8 Å². The highest BCUT2D eigenvalue weighted by Crippen LogP contribution is 2.51. The number of hydrogen-bond donors (Lipinski definition) is 2. The van der Waals surface area contributed by atoms with Gasteiger partial charge in [-0.3, -0.25) is 0 Å². The molecule has 1 aliphatic carbocycles. The highest BCUT2D eigenvalue weighted by atomic mass is 35.5. The lowest BCUT2D eigenvalue weighted by Gasteiger charge is -2.13. The van der Waals surface area contributed by atoms with Crippen LogP contribution in [0.25, 0.3) is 0 Å². The minimum absolute atomic E-state index is 0.0842. The predicted molar refractivity (Wildman–Crippen MR) is 51.1 cm³/mol. The summed E-state index contributed by atoms with van der Waals surface area (Å²) in [7, 11) is 0. The molecule has 0 aromatic heterocycles. The van der Waals surface area contributed by atoms with Crippen molar-refractivity contribution in [2.24, 2.45) is 0 Å². The second-order valence-electron chi connectivity index (χ2n) is 3.60. The van der Waals surface area contributed by atoms with Gasteiger partial charge in [0.15, 0.2) is 0 Å². The van der Waals surface area contributed by atoms with Gasteiger partial charge in [0.05, 0.1) is 6.61 Å². The Kier molecular flexibility index (Phi) is 1.97. The summed E-state index contributed by atoms with van der Waals surface area (Å²) < 4.78 is 0. The number of rotatable bonds is 2. The van der Waals surface area contributed by atoms with Crippen LogP contribution in [0, 0.1) is 0 Å². The normalized spacial score (nSPS) is 18.6. The van der Waals surface area contributed by atoms with E-state index in [1.54, 1.807) is 18.2 Å². The maximum Gasteiger partial charge on any atom is 0.119 e. The molecule has 1 aliphatic rings. The molecule has 0 atom stereocenters. The van der Waals surface area contributed by atoms with E-state index < -0.39 is 0 Å². The SMILES string of the molecule is OCC1(c2cc(Cl)ccc2O)CC1. The summed E-state index contributed by atoms with van der Waals surface area (Å²) in [5.41, 5.74) is 0.567. The topological polar surface area (TPSA) is 40.5 Å². The van der Waals surface area contributed by atoms with Gasteiger partial charge in [-0.25, -0.2) is 0 Å². The van der Waals surface area contributed by atoms with Crippen molar-refractivity contribution in [1.29, 1.82) is 0 Å². The van der Waals surface area contributed by atoms with Crippen LogP contribution in [-0.4, -0.2) is 16.8 Å². The van der Waals surface area contributed by atoms with Gasteiger partial charge in [0.1, 0.15) is 5.75 Å². The summed E-state index contributed by atoms with van der Waals surface area (Å²) in [5.74, 6) is 0.232. The third kappa shape index (κ3) is 1.40. The van der Waals surface area contributed by atoms with Gasteiger partial charge in [0.25, 0.3) is 0 Å². The summed E-state index contributed by atoms with van der Waals surface area (Å²) in [6.45, 7) is 0.0842. The summed E-state index contributed by atoms with van der Waals surface area (Å²) in [6, 6.07) is 4.96. The molecule has 0 saturated heterocycles. The molecular formula is C10H11ClO2. The van der Waals surface area contributed by atoms with E-state index >= 15 is 0 Å². The fraction of sp³-hybridized carbons (Fsp3) is 0.400. The minimum Gasteiger partial charge on any atom is -0.508 e. The lowest BCUT2D eigenvalue weighted by Crippen LogP contribution is -2.11. The number of aliphatic hydroxyl groups excluding tert-OH is 1. The molecule has 0 radical (unpaired) electrons. The molecule has 0 spiro atoms. The molecule has 3 heteroatoms. The van der Waals surface area contributed by atoms with Gasteiger partial charge in [-0.1, -0.05) is 11.6 Å². The van der Waals surface area contributed by atoms with E-state index in [0.717, 1.165) is 18.4 Å². The molecule has 1 saturated carbocycles.